The number of benzene rings is 5. The lowest BCUT2D eigenvalue weighted by atomic mass is 9.90. The molecule has 3 nitrogen and oxygen atoms in total. The van der Waals surface area contributed by atoms with Crippen LogP contribution in [0.4, 0.5) is 5.69 Å². The lowest BCUT2D eigenvalue weighted by molar-refractivity contribution is -0.382. The lowest BCUT2D eigenvalue weighted by Gasteiger charge is -2.13. The summed E-state index contributed by atoms with van der Waals surface area (Å²) in [6, 6.07) is 21.8. The second-order valence-corrected chi connectivity index (χ2v) is 5.87. The minimum absolute atomic E-state index is 0.173. The van der Waals surface area contributed by atoms with Crippen LogP contribution in [-0.2, 0) is 0 Å². The summed E-state index contributed by atoms with van der Waals surface area (Å²) >= 11 is 0. The summed E-state index contributed by atoms with van der Waals surface area (Å²) in [7, 11) is 0. The van der Waals surface area contributed by atoms with E-state index in [-0.39, 0.29) is 10.6 Å². The van der Waals surface area contributed by atoms with Gasteiger partial charge in [0.15, 0.2) is 0 Å². The summed E-state index contributed by atoms with van der Waals surface area (Å²) in [6.45, 7) is 0. The zero-order chi connectivity index (χ0) is 15.6. The minimum Gasteiger partial charge on any atom is -0.258 e. The summed E-state index contributed by atoms with van der Waals surface area (Å²) in [5.74, 6) is 0. The van der Waals surface area contributed by atoms with Gasteiger partial charge >= 0.3 is 0 Å². The average molecular weight is 297 g/mol. The molecule has 0 N–H and O–H groups in total. The average Bonchev–Trinajstić information content (AvgIpc) is 2.58. The SMILES string of the molecule is O=[N+]([O-])c1cc2cccc3ccc4c5ccccc5cc1c4c32. The van der Waals surface area contributed by atoms with Crippen LogP contribution in [-0.4, -0.2) is 4.92 Å². The van der Waals surface area contributed by atoms with Crippen LogP contribution in [0.5, 0.6) is 0 Å². The molecule has 0 aliphatic carbocycles. The first-order valence-electron chi connectivity index (χ1n) is 7.48. The smallest absolute Gasteiger partial charge is 0.258 e. The molecule has 0 aliphatic heterocycles. The molecule has 0 aromatic heterocycles. The molecule has 3 heteroatoms. The summed E-state index contributed by atoms with van der Waals surface area (Å²) in [5.41, 5.74) is 0.173. The van der Waals surface area contributed by atoms with Gasteiger partial charge in [0.1, 0.15) is 0 Å². The Labute approximate surface area is 131 Å². The highest BCUT2D eigenvalue weighted by atomic mass is 16.6. The Kier molecular flexibility index (Phi) is 2.24. The standard InChI is InChI=1S/C20H11NO2/c22-21(23)18-11-14-6-3-5-12-8-9-16-15-7-2-1-4-13(15)10-17(18)20(16)19(12)14/h1-11H. The number of nitro benzene ring substituents is 1. The molecule has 5 rings (SSSR count). The fourth-order valence-corrected chi connectivity index (χ4v) is 3.71. The van der Waals surface area contributed by atoms with Gasteiger partial charge in [-0.05, 0) is 38.4 Å². The van der Waals surface area contributed by atoms with Gasteiger partial charge in [-0.2, -0.15) is 0 Å². The van der Waals surface area contributed by atoms with E-state index in [9.17, 15) is 10.1 Å². The predicted molar refractivity (Wildman–Crippen MR) is 94.3 cm³/mol. The first-order chi connectivity index (χ1) is 11.2. The molecule has 108 valence electrons. The van der Waals surface area contributed by atoms with E-state index in [1.165, 1.54) is 0 Å². The maximum absolute atomic E-state index is 11.6. The molecule has 5 aromatic carbocycles. The van der Waals surface area contributed by atoms with Crippen molar-refractivity contribution in [2.45, 2.75) is 0 Å². The van der Waals surface area contributed by atoms with Crippen LogP contribution in [0.25, 0.3) is 43.1 Å². The molecule has 0 aliphatic rings. The number of nitro groups is 1. The molecule has 5 aromatic rings. The van der Waals surface area contributed by atoms with Crippen molar-refractivity contribution < 1.29 is 4.92 Å². The first kappa shape index (κ1) is 12.4. The normalized spacial score (nSPS) is 11.8. The third-order valence-electron chi connectivity index (χ3n) is 4.66. The summed E-state index contributed by atoms with van der Waals surface area (Å²) < 4.78 is 0. The molecule has 0 saturated carbocycles. The Balaban J connectivity index is 2.22. The third kappa shape index (κ3) is 1.53. The highest BCUT2D eigenvalue weighted by Gasteiger charge is 2.19. The topological polar surface area (TPSA) is 43.1 Å². The van der Waals surface area contributed by atoms with Gasteiger partial charge in [0.25, 0.3) is 5.69 Å². The molecule has 0 radical (unpaired) electrons. The largest absolute Gasteiger partial charge is 0.277 e. The van der Waals surface area contributed by atoms with E-state index in [4.69, 9.17) is 0 Å². The van der Waals surface area contributed by atoms with Crippen molar-refractivity contribution in [2.24, 2.45) is 0 Å². The maximum Gasteiger partial charge on any atom is 0.277 e. The molecule has 0 amide bonds. The van der Waals surface area contributed by atoms with Crippen molar-refractivity contribution in [3.8, 4) is 0 Å². The molecule has 0 heterocycles. The zero-order valence-corrected chi connectivity index (χ0v) is 12.1. The third-order valence-corrected chi connectivity index (χ3v) is 4.66. The minimum atomic E-state index is -0.279. The van der Waals surface area contributed by atoms with E-state index in [1.54, 1.807) is 6.07 Å². The van der Waals surface area contributed by atoms with Gasteiger partial charge in [-0.1, -0.05) is 54.6 Å². The van der Waals surface area contributed by atoms with Gasteiger partial charge in [-0.15, -0.1) is 0 Å². The molecule has 0 atom stereocenters. The lowest BCUT2D eigenvalue weighted by Crippen LogP contribution is -1.93. The van der Waals surface area contributed by atoms with Crippen molar-refractivity contribution in [3.63, 3.8) is 0 Å². The van der Waals surface area contributed by atoms with Gasteiger partial charge in [0.05, 0.1) is 10.3 Å². The fourth-order valence-electron chi connectivity index (χ4n) is 3.71. The predicted octanol–water partition coefficient (Wildman–Crippen LogP) is 5.65. The molecular formula is C20H11NO2. The maximum atomic E-state index is 11.6. The molecule has 0 bridgehead atoms. The van der Waals surface area contributed by atoms with Crippen LogP contribution >= 0.6 is 0 Å². The van der Waals surface area contributed by atoms with Crippen LogP contribution in [0, 0.1) is 10.1 Å². The van der Waals surface area contributed by atoms with Crippen LogP contribution in [0.3, 0.4) is 0 Å². The number of nitrogens with zero attached hydrogens (tertiary/aromatic N) is 1. The summed E-state index contributed by atoms with van der Waals surface area (Å²) in [5, 5.41) is 19.7. The van der Waals surface area contributed by atoms with Crippen LogP contribution in [0.1, 0.15) is 0 Å². The number of rotatable bonds is 1. The Morgan fingerprint density at radius 3 is 2.30 bits per heavy atom. The van der Waals surface area contributed by atoms with Gasteiger partial charge in [0.2, 0.25) is 0 Å². The van der Waals surface area contributed by atoms with E-state index in [0.29, 0.717) is 5.39 Å². The van der Waals surface area contributed by atoms with E-state index < -0.39 is 0 Å². The van der Waals surface area contributed by atoms with E-state index in [2.05, 4.69) is 24.3 Å². The van der Waals surface area contributed by atoms with Crippen molar-refractivity contribution >= 4 is 48.8 Å². The second-order valence-electron chi connectivity index (χ2n) is 5.87. The first-order valence-corrected chi connectivity index (χ1v) is 7.48. The molecule has 0 unspecified atom stereocenters. The number of non-ortho nitro benzene ring substituents is 1. The summed E-state index contributed by atoms with van der Waals surface area (Å²) in [6.07, 6.45) is 0. The second kappa shape index (κ2) is 4.17. The molecule has 23 heavy (non-hydrogen) atoms. The van der Waals surface area contributed by atoms with Crippen molar-refractivity contribution in [1.29, 1.82) is 0 Å². The van der Waals surface area contributed by atoms with Crippen molar-refractivity contribution in [1.82, 2.24) is 0 Å². The van der Waals surface area contributed by atoms with Gasteiger partial charge in [-0.25, -0.2) is 0 Å². The molecule has 0 fully saturated rings. The van der Waals surface area contributed by atoms with Crippen LogP contribution < -0.4 is 0 Å². The molecule has 0 spiro atoms. The van der Waals surface area contributed by atoms with E-state index in [1.807, 2.05) is 36.4 Å². The Morgan fingerprint density at radius 2 is 1.43 bits per heavy atom. The van der Waals surface area contributed by atoms with Crippen molar-refractivity contribution in [3.05, 3.63) is 76.8 Å². The molecular weight excluding hydrogens is 286 g/mol. The van der Waals surface area contributed by atoms with Crippen LogP contribution in [0.2, 0.25) is 0 Å². The van der Waals surface area contributed by atoms with E-state index in [0.717, 1.165) is 37.7 Å². The Morgan fingerprint density at radius 1 is 0.652 bits per heavy atom. The highest BCUT2D eigenvalue weighted by molar-refractivity contribution is 6.30. The zero-order valence-electron chi connectivity index (χ0n) is 12.1. The van der Waals surface area contributed by atoms with Gasteiger partial charge < -0.3 is 0 Å². The number of hydrogen-bond acceptors (Lipinski definition) is 2. The summed E-state index contributed by atoms with van der Waals surface area (Å²) in [4.78, 5) is 11.3. The quantitative estimate of drug-likeness (QED) is 0.174. The van der Waals surface area contributed by atoms with Crippen LogP contribution in [0.15, 0.2) is 66.7 Å². The number of hydrogen-bond donors (Lipinski definition) is 0. The van der Waals surface area contributed by atoms with Gasteiger partial charge in [0, 0.05) is 11.5 Å². The number of fused-ring (bicyclic) bond motifs is 2. The monoisotopic (exact) mass is 297 g/mol. The van der Waals surface area contributed by atoms with Crippen molar-refractivity contribution in [2.75, 3.05) is 0 Å². The fraction of sp³-hybridized carbons (Fsp3) is 0. The Hall–Kier alpha value is -3.20. The Bertz CT molecular complexity index is 1240. The molecule has 0 saturated heterocycles. The van der Waals surface area contributed by atoms with Gasteiger partial charge in [-0.3, -0.25) is 10.1 Å². The highest BCUT2D eigenvalue weighted by Crippen LogP contribution is 2.42. The van der Waals surface area contributed by atoms with E-state index >= 15 is 0 Å².